The van der Waals surface area contributed by atoms with E-state index in [1.54, 1.807) is 31.2 Å². The number of carbonyl (C=O) groups excluding carboxylic acids is 2. The van der Waals surface area contributed by atoms with Crippen molar-refractivity contribution >= 4 is 34.0 Å². The number of aromatic nitrogens is 2. The molecule has 8 heteroatoms. The van der Waals surface area contributed by atoms with Gasteiger partial charge in [0.05, 0.1) is 7.11 Å². The van der Waals surface area contributed by atoms with Crippen molar-refractivity contribution in [3.63, 3.8) is 0 Å². The highest BCUT2D eigenvalue weighted by atomic mass is 32.1. The first kappa shape index (κ1) is 13.9. The Morgan fingerprint density at radius 1 is 1.20 bits per heavy atom. The third-order valence-electron chi connectivity index (χ3n) is 2.28. The molecule has 0 atom stereocenters. The predicted molar refractivity (Wildman–Crippen MR) is 74.9 cm³/mol. The zero-order valence-electron chi connectivity index (χ0n) is 10.8. The number of ether oxygens (including phenoxy) is 1. The molecule has 1 aromatic heterocycles. The molecule has 2 rings (SSSR count). The van der Waals surface area contributed by atoms with E-state index in [1.807, 2.05) is 0 Å². The van der Waals surface area contributed by atoms with Crippen molar-refractivity contribution in [2.75, 3.05) is 17.7 Å². The number of methoxy groups -OCH3 is 1. The van der Waals surface area contributed by atoms with Gasteiger partial charge in [-0.25, -0.2) is 0 Å². The van der Waals surface area contributed by atoms with Crippen molar-refractivity contribution in [1.29, 1.82) is 0 Å². The second-order valence-corrected chi connectivity index (χ2v) is 4.95. The van der Waals surface area contributed by atoms with Crippen LogP contribution in [0.3, 0.4) is 0 Å². The Balaban J connectivity index is 1.98. The second kappa shape index (κ2) is 6.11. The van der Waals surface area contributed by atoms with E-state index >= 15 is 0 Å². The summed E-state index contributed by atoms with van der Waals surface area (Å²) in [7, 11) is 1.52. The topological polar surface area (TPSA) is 93.2 Å². The van der Waals surface area contributed by atoms with E-state index in [-0.39, 0.29) is 5.13 Å². The molecule has 0 unspecified atom stereocenters. The van der Waals surface area contributed by atoms with Gasteiger partial charge in [-0.15, -0.1) is 10.2 Å². The van der Waals surface area contributed by atoms with E-state index in [2.05, 4.69) is 20.8 Å². The van der Waals surface area contributed by atoms with Crippen LogP contribution in [-0.4, -0.2) is 29.1 Å². The van der Waals surface area contributed by atoms with Crippen LogP contribution >= 0.6 is 11.3 Å². The summed E-state index contributed by atoms with van der Waals surface area (Å²) in [6.07, 6.45) is 0. The first-order valence-electron chi connectivity index (χ1n) is 5.65. The van der Waals surface area contributed by atoms with Crippen molar-refractivity contribution in [2.45, 2.75) is 6.92 Å². The molecular weight excluding hydrogens is 280 g/mol. The van der Waals surface area contributed by atoms with Gasteiger partial charge in [-0.05, 0) is 19.1 Å². The van der Waals surface area contributed by atoms with Crippen LogP contribution in [0.4, 0.5) is 10.8 Å². The van der Waals surface area contributed by atoms with Crippen molar-refractivity contribution < 1.29 is 14.3 Å². The van der Waals surface area contributed by atoms with Crippen LogP contribution in [0.5, 0.6) is 5.75 Å². The number of benzene rings is 1. The number of nitrogens with one attached hydrogen (secondary N) is 2. The third-order valence-corrected chi connectivity index (χ3v) is 3.03. The van der Waals surface area contributed by atoms with Crippen molar-refractivity contribution in [3.8, 4) is 5.75 Å². The van der Waals surface area contributed by atoms with Crippen LogP contribution in [-0.2, 0) is 9.59 Å². The number of carbonyl (C=O) groups is 2. The zero-order valence-corrected chi connectivity index (χ0v) is 11.7. The standard InChI is InChI=1S/C12H12N4O3S/c1-7-15-16-12(20-7)14-11(18)10(17)13-8-4-3-5-9(6-8)19-2/h3-6H,1-2H3,(H,13,17)(H,14,16,18). The fraction of sp³-hybridized carbons (Fsp3) is 0.167. The number of anilines is 2. The minimum Gasteiger partial charge on any atom is -0.497 e. The van der Waals surface area contributed by atoms with Crippen LogP contribution in [0.2, 0.25) is 0 Å². The molecule has 2 aromatic rings. The highest BCUT2D eigenvalue weighted by Crippen LogP contribution is 2.17. The maximum absolute atomic E-state index is 11.7. The molecule has 104 valence electrons. The van der Waals surface area contributed by atoms with E-state index in [9.17, 15) is 9.59 Å². The normalized spacial score (nSPS) is 9.90. The number of nitrogens with zero attached hydrogens (tertiary/aromatic N) is 2. The van der Waals surface area contributed by atoms with Gasteiger partial charge in [-0.2, -0.15) is 0 Å². The average molecular weight is 292 g/mol. The Bertz CT molecular complexity index is 641. The fourth-order valence-corrected chi connectivity index (χ4v) is 1.98. The summed E-state index contributed by atoms with van der Waals surface area (Å²) in [6, 6.07) is 6.71. The van der Waals surface area contributed by atoms with Gasteiger partial charge in [0, 0.05) is 11.8 Å². The minimum absolute atomic E-state index is 0.285. The maximum atomic E-state index is 11.7. The molecular formula is C12H12N4O3S. The largest absolute Gasteiger partial charge is 0.497 e. The molecule has 20 heavy (non-hydrogen) atoms. The Hall–Kier alpha value is -2.48. The first-order chi connectivity index (χ1) is 9.58. The zero-order chi connectivity index (χ0) is 14.5. The second-order valence-electron chi connectivity index (χ2n) is 3.77. The summed E-state index contributed by atoms with van der Waals surface area (Å²) in [5, 5.41) is 13.3. The first-order valence-corrected chi connectivity index (χ1v) is 6.46. The summed E-state index contributed by atoms with van der Waals surface area (Å²) >= 11 is 1.19. The van der Waals surface area contributed by atoms with E-state index in [0.717, 1.165) is 0 Å². The van der Waals surface area contributed by atoms with Crippen molar-refractivity contribution in [1.82, 2.24) is 10.2 Å². The lowest BCUT2D eigenvalue weighted by molar-refractivity contribution is -0.133. The number of aryl methyl sites for hydroxylation is 1. The molecule has 0 spiro atoms. The summed E-state index contributed by atoms with van der Waals surface area (Å²) in [6.45, 7) is 1.75. The molecule has 7 nitrogen and oxygen atoms in total. The van der Waals surface area contributed by atoms with Crippen LogP contribution in [0.1, 0.15) is 5.01 Å². The Labute approximate surface area is 119 Å². The highest BCUT2D eigenvalue weighted by Gasteiger charge is 2.16. The number of hydrogen-bond donors (Lipinski definition) is 2. The van der Waals surface area contributed by atoms with Crippen LogP contribution < -0.4 is 15.4 Å². The van der Waals surface area contributed by atoms with Gasteiger partial charge in [0.25, 0.3) is 0 Å². The van der Waals surface area contributed by atoms with Gasteiger partial charge in [0.15, 0.2) is 0 Å². The van der Waals surface area contributed by atoms with Gasteiger partial charge in [-0.3, -0.25) is 14.9 Å². The molecule has 0 aliphatic rings. The van der Waals surface area contributed by atoms with Crippen molar-refractivity contribution in [2.24, 2.45) is 0 Å². The molecule has 0 saturated carbocycles. The van der Waals surface area contributed by atoms with E-state index < -0.39 is 11.8 Å². The summed E-state index contributed by atoms with van der Waals surface area (Å²) in [5.41, 5.74) is 0.470. The quantitative estimate of drug-likeness (QED) is 0.835. The monoisotopic (exact) mass is 292 g/mol. The Morgan fingerprint density at radius 2 is 1.95 bits per heavy atom. The molecule has 1 aromatic carbocycles. The summed E-state index contributed by atoms with van der Waals surface area (Å²) < 4.78 is 5.03. The van der Waals surface area contributed by atoms with E-state index in [1.165, 1.54) is 18.4 Å². The molecule has 0 saturated heterocycles. The van der Waals surface area contributed by atoms with E-state index in [0.29, 0.717) is 16.4 Å². The lowest BCUT2D eigenvalue weighted by Crippen LogP contribution is -2.29. The SMILES string of the molecule is COc1cccc(NC(=O)C(=O)Nc2nnc(C)s2)c1. The molecule has 0 bridgehead atoms. The molecule has 2 N–H and O–H groups in total. The Kier molecular flexibility index (Phi) is 4.26. The minimum atomic E-state index is -0.802. The maximum Gasteiger partial charge on any atom is 0.315 e. The van der Waals surface area contributed by atoms with Gasteiger partial charge < -0.3 is 10.1 Å². The van der Waals surface area contributed by atoms with Gasteiger partial charge >= 0.3 is 11.8 Å². The smallest absolute Gasteiger partial charge is 0.315 e. The predicted octanol–water partition coefficient (Wildman–Crippen LogP) is 1.43. The summed E-state index contributed by atoms with van der Waals surface area (Å²) in [5.74, 6) is -1.00. The highest BCUT2D eigenvalue weighted by molar-refractivity contribution is 7.15. The lowest BCUT2D eigenvalue weighted by Gasteiger charge is -2.06. The average Bonchev–Trinajstić information content (AvgIpc) is 2.84. The molecule has 2 amide bonds. The summed E-state index contributed by atoms with van der Waals surface area (Å²) in [4.78, 5) is 23.4. The molecule has 1 heterocycles. The number of amides is 2. The lowest BCUT2D eigenvalue weighted by atomic mass is 10.3. The van der Waals surface area contributed by atoms with E-state index in [4.69, 9.17) is 4.74 Å². The third kappa shape index (κ3) is 3.51. The van der Waals surface area contributed by atoms with Crippen LogP contribution in [0, 0.1) is 6.92 Å². The van der Waals surface area contributed by atoms with Gasteiger partial charge in [-0.1, -0.05) is 17.4 Å². The number of rotatable bonds is 3. The molecule has 0 radical (unpaired) electrons. The van der Waals surface area contributed by atoms with Gasteiger partial charge in [0.1, 0.15) is 10.8 Å². The Morgan fingerprint density at radius 3 is 2.60 bits per heavy atom. The van der Waals surface area contributed by atoms with Gasteiger partial charge in [0.2, 0.25) is 5.13 Å². The molecule has 0 fully saturated rings. The molecule has 0 aliphatic heterocycles. The van der Waals surface area contributed by atoms with Crippen molar-refractivity contribution in [3.05, 3.63) is 29.3 Å². The van der Waals surface area contributed by atoms with Crippen LogP contribution in [0.15, 0.2) is 24.3 Å². The fourth-order valence-electron chi connectivity index (χ4n) is 1.39. The number of hydrogen-bond acceptors (Lipinski definition) is 6. The van der Waals surface area contributed by atoms with Crippen LogP contribution in [0.25, 0.3) is 0 Å². The molecule has 0 aliphatic carbocycles.